The summed E-state index contributed by atoms with van der Waals surface area (Å²) >= 11 is 0. The number of rotatable bonds is 2. The quantitative estimate of drug-likeness (QED) is 0.738. The molecule has 0 saturated carbocycles. The molecule has 2 amide bonds. The van der Waals surface area contributed by atoms with Crippen LogP contribution in [0.3, 0.4) is 0 Å². The molecule has 0 spiro atoms. The van der Waals surface area contributed by atoms with Gasteiger partial charge in [-0.25, -0.2) is 14.0 Å². The summed E-state index contributed by atoms with van der Waals surface area (Å²) in [4.78, 5) is 40.0. The Morgan fingerprint density at radius 1 is 1.26 bits per heavy atom. The average Bonchev–Trinajstić information content (AvgIpc) is 3.25. The Balaban J connectivity index is 1.48. The molecule has 1 aromatic rings. The van der Waals surface area contributed by atoms with Crippen molar-refractivity contribution in [2.45, 2.75) is 57.0 Å². The third-order valence-electron chi connectivity index (χ3n) is 5.67. The van der Waals surface area contributed by atoms with Crippen LogP contribution in [-0.4, -0.2) is 53.1 Å². The number of amides is 2. The van der Waals surface area contributed by atoms with Gasteiger partial charge in [0.15, 0.2) is 0 Å². The molecule has 3 aliphatic heterocycles. The van der Waals surface area contributed by atoms with Gasteiger partial charge in [-0.05, 0) is 24.5 Å². The zero-order valence-corrected chi connectivity index (χ0v) is 15.0. The number of piperidine rings is 1. The van der Waals surface area contributed by atoms with E-state index in [1.807, 2.05) is 0 Å². The summed E-state index contributed by atoms with van der Waals surface area (Å²) in [5.41, 5.74) is 1.27. The molecular weight excluding hydrogens is 355 g/mol. The van der Waals surface area contributed by atoms with E-state index in [1.54, 1.807) is 12.1 Å². The SMILES string of the molecule is COC(=O)[C@@H]1C[C@@H](OC(=O)N2Cc3cccc(F)c3C2)[C@H]2CCCC(=O)N21. The molecule has 2 fully saturated rings. The number of ether oxygens (including phenoxy) is 2. The first-order valence-electron chi connectivity index (χ1n) is 9.10. The van der Waals surface area contributed by atoms with Gasteiger partial charge in [0, 0.05) is 24.9 Å². The molecule has 3 atom stereocenters. The van der Waals surface area contributed by atoms with Crippen LogP contribution in [0.15, 0.2) is 18.2 Å². The first kappa shape index (κ1) is 17.8. The minimum atomic E-state index is -0.723. The van der Waals surface area contributed by atoms with E-state index in [1.165, 1.54) is 23.0 Å². The van der Waals surface area contributed by atoms with Crippen LogP contribution in [-0.2, 0) is 32.2 Å². The molecule has 27 heavy (non-hydrogen) atoms. The van der Waals surface area contributed by atoms with Crippen LogP contribution < -0.4 is 0 Å². The third kappa shape index (κ3) is 3.02. The van der Waals surface area contributed by atoms with Crippen LogP contribution >= 0.6 is 0 Å². The summed E-state index contributed by atoms with van der Waals surface area (Å²) in [5, 5.41) is 0. The molecule has 3 aliphatic rings. The van der Waals surface area contributed by atoms with Gasteiger partial charge in [0.2, 0.25) is 5.91 Å². The number of carbonyl (C=O) groups is 3. The molecule has 0 bridgehead atoms. The zero-order chi connectivity index (χ0) is 19.1. The average molecular weight is 376 g/mol. The maximum absolute atomic E-state index is 13.9. The molecule has 2 saturated heterocycles. The number of nitrogens with zero attached hydrogens (tertiary/aromatic N) is 2. The number of methoxy groups -OCH3 is 1. The summed E-state index contributed by atoms with van der Waals surface area (Å²) in [6.45, 7) is 0.438. The normalized spacial score (nSPS) is 26.6. The first-order valence-corrected chi connectivity index (χ1v) is 9.10. The minimum Gasteiger partial charge on any atom is -0.467 e. The van der Waals surface area contributed by atoms with Crippen LogP contribution in [0.25, 0.3) is 0 Å². The van der Waals surface area contributed by atoms with Gasteiger partial charge in [-0.1, -0.05) is 12.1 Å². The van der Waals surface area contributed by atoms with E-state index in [2.05, 4.69) is 0 Å². The lowest BCUT2D eigenvalue weighted by molar-refractivity contribution is -0.153. The summed E-state index contributed by atoms with van der Waals surface area (Å²) in [6, 6.07) is 3.74. The van der Waals surface area contributed by atoms with Gasteiger partial charge in [0.25, 0.3) is 0 Å². The highest BCUT2D eigenvalue weighted by molar-refractivity contribution is 5.86. The lowest BCUT2D eigenvalue weighted by Gasteiger charge is -2.34. The summed E-state index contributed by atoms with van der Waals surface area (Å²) in [6.07, 6.45) is 0.849. The molecule has 4 rings (SSSR count). The van der Waals surface area contributed by atoms with Crippen molar-refractivity contribution in [3.8, 4) is 0 Å². The van der Waals surface area contributed by atoms with Gasteiger partial charge in [-0.15, -0.1) is 0 Å². The fourth-order valence-corrected chi connectivity index (χ4v) is 4.36. The van der Waals surface area contributed by atoms with Gasteiger partial charge in [0.1, 0.15) is 18.0 Å². The van der Waals surface area contributed by atoms with Gasteiger partial charge in [-0.2, -0.15) is 0 Å². The van der Waals surface area contributed by atoms with Crippen molar-refractivity contribution < 1.29 is 28.2 Å². The Hall–Kier alpha value is -2.64. The maximum atomic E-state index is 13.9. The number of fused-ring (bicyclic) bond motifs is 2. The van der Waals surface area contributed by atoms with Crippen LogP contribution in [0.1, 0.15) is 36.8 Å². The first-order chi connectivity index (χ1) is 13.0. The molecule has 8 heteroatoms. The highest BCUT2D eigenvalue weighted by atomic mass is 19.1. The van der Waals surface area contributed by atoms with E-state index in [-0.39, 0.29) is 37.3 Å². The lowest BCUT2D eigenvalue weighted by atomic mass is 10.0. The van der Waals surface area contributed by atoms with Crippen LogP contribution in [0.2, 0.25) is 0 Å². The van der Waals surface area contributed by atoms with Crippen LogP contribution in [0, 0.1) is 5.82 Å². The molecule has 0 unspecified atom stereocenters. The highest BCUT2D eigenvalue weighted by Gasteiger charge is 2.50. The van der Waals surface area contributed by atoms with Crippen LogP contribution in [0.4, 0.5) is 9.18 Å². The van der Waals surface area contributed by atoms with Crippen molar-refractivity contribution in [3.63, 3.8) is 0 Å². The number of benzene rings is 1. The van der Waals surface area contributed by atoms with Crippen molar-refractivity contribution >= 4 is 18.0 Å². The molecular formula is C19H21FN2O5. The van der Waals surface area contributed by atoms with Gasteiger partial charge in [-0.3, -0.25) is 9.69 Å². The van der Waals surface area contributed by atoms with E-state index < -0.39 is 24.2 Å². The molecule has 144 valence electrons. The second-order valence-corrected chi connectivity index (χ2v) is 7.19. The smallest absolute Gasteiger partial charge is 0.410 e. The molecule has 1 aromatic carbocycles. The number of hydrogen-bond donors (Lipinski definition) is 0. The predicted molar refractivity (Wildman–Crippen MR) is 90.8 cm³/mol. The second kappa shape index (κ2) is 6.83. The van der Waals surface area contributed by atoms with Crippen molar-refractivity contribution in [1.82, 2.24) is 9.80 Å². The van der Waals surface area contributed by atoms with Crippen molar-refractivity contribution in [3.05, 3.63) is 35.1 Å². The Morgan fingerprint density at radius 2 is 2.07 bits per heavy atom. The van der Waals surface area contributed by atoms with E-state index in [0.29, 0.717) is 24.8 Å². The van der Waals surface area contributed by atoms with Gasteiger partial charge < -0.3 is 14.4 Å². The molecule has 0 radical (unpaired) electrons. The number of carbonyl (C=O) groups excluding carboxylic acids is 3. The number of halogens is 1. The fourth-order valence-electron chi connectivity index (χ4n) is 4.36. The molecule has 7 nitrogen and oxygen atoms in total. The Labute approximate surface area is 156 Å². The Kier molecular flexibility index (Phi) is 4.49. The van der Waals surface area contributed by atoms with Gasteiger partial charge >= 0.3 is 12.1 Å². The molecule has 3 heterocycles. The second-order valence-electron chi connectivity index (χ2n) is 7.19. The summed E-state index contributed by atoms with van der Waals surface area (Å²) in [7, 11) is 1.28. The Bertz CT molecular complexity index is 798. The van der Waals surface area contributed by atoms with E-state index in [0.717, 1.165) is 5.56 Å². The Morgan fingerprint density at radius 3 is 2.81 bits per heavy atom. The number of hydrogen-bond acceptors (Lipinski definition) is 5. The fraction of sp³-hybridized carbons (Fsp3) is 0.526. The van der Waals surface area contributed by atoms with Crippen LogP contribution in [0.5, 0.6) is 0 Å². The highest BCUT2D eigenvalue weighted by Crippen LogP contribution is 2.36. The van der Waals surface area contributed by atoms with E-state index >= 15 is 0 Å². The molecule has 0 aromatic heterocycles. The lowest BCUT2D eigenvalue weighted by Crippen LogP contribution is -2.49. The standard InChI is InChI=1S/C19H21FN2O5/c1-26-18(24)15-8-16(14-6-3-7-17(23)22(14)15)27-19(25)21-9-11-4-2-5-13(20)12(11)10-21/h2,4-5,14-16H,3,6-10H2,1H3/t14-,15+,16-/m1/s1. The third-order valence-corrected chi connectivity index (χ3v) is 5.67. The predicted octanol–water partition coefficient (Wildman–Crippen LogP) is 1.97. The summed E-state index contributed by atoms with van der Waals surface area (Å²) in [5.74, 6) is -0.946. The number of esters is 1. The largest absolute Gasteiger partial charge is 0.467 e. The molecule has 0 N–H and O–H groups in total. The van der Waals surface area contributed by atoms with Crippen molar-refractivity contribution in [2.75, 3.05) is 7.11 Å². The van der Waals surface area contributed by atoms with E-state index in [4.69, 9.17) is 9.47 Å². The zero-order valence-electron chi connectivity index (χ0n) is 15.0. The monoisotopic (exact) mass is 376 g/mol. The molecule has 0 aliphatic carbocycles. The van der Waals surface area contributed by atoms with Gasteiger partial charge in [0.05, 0.1) is 19.7 Å². The minimum absolute atomic E-state index is 0.115. The summed E-state index contributed by atoms with van der Waals surface area (Å²) < 4.78 is 24.4. The topological polar surface area (TPSA) is 76.1 Å². The van der Waals surface area contributed by atoms with Crippen molar-refractivity contribution in [1.29, 1.82) is 0 Å². The maximum Gasteiger partial charge on any atom is 0.410 e. The van der Waals surface area contributed by atoms with Crippen molar-refractivity contribution in [2.24, 2.45) is 0 Å². The van der Waals surface area contributed by atoms with E-state index in [9.17, 15) is 18.8 Å².